The molecule has 1 fully saturated rings. The van der Waals surface area contributed by atoms with E-state index in [4.69, 9.17) is 4.74 Å². The Bertz CT molecular complexity index is 302. The fraction of sp³-hybridized carbons (Fsp3) is 0.455. The number of hydroxylamine groups is 2. The van der Waals surface area contributed by atoms with E-state index in [2.05, 4.69) is 0 Å². The van der Waals surface area contributed by atoms with Crippen molar-refractivity contribution >= 4 is 5.69 Å². The van der Waals surface area contributed by atoms with Crippen LogP contribution in [0, 0.1) is 6.92 Å². The van der Waals surface area contributed by atoms with Crippen LogP contribution in [-0.2, 0) is 4.74 Å². The van der Waals surface area contributed by atoms with Gasteiger partial charge in [-0.05, 0) is 6.92 Å². The predicted octanol–water partition coefficient (Wildman–Crippen LogP) is 1.72. The van der Waals surface area contributed by atoms with Crippen LogP contribution < -0.4 is 4.65 Å². The molecular weight excluding hydrogens is 178 g/mol. The summed E-state index contributed by atoms with van der Waals surface area (Å²) in [6.45, 7) is 4.59. The van der Waals surface area contributed by atoms with Crippen LogP contribution in [-0.4, -0.2) is 31.5 Å². The highest BCUT2D eigenvalue weighted by Gasteiger charge is 2.31. The fourth-order valence-corrected chi connectivity index (χ4v) is 1.73. The first-order valence-electron chi connectivity index (χ1n) is 4.95. The average Bonchev–Trinajstić information content (AvgIpc) is 2.19. The second-order valence-corrected chi connectivity index (χ2v) is 3.82. The fourth-order valence-electron chi connectivity index (χ4n) is 1.73. The molecule has 0 saturated carbocycles. The van der Waals surface area contributed by atoms with Gasteiger partial charge in [0.2, 0.25) is 0 Å². The molecule has 0 bridgehead atoms. The number of morpholine rings is 1. The second kappa shape index (κ2) is 3.69. The third kappa shape index (κ3) is 1.80. The highest BCUT2D eigenvalue weighted by molar-refractivity contribution is 5.42. The molecule has 1 saturated heterocycles. The number of aryl methyl sites for hydroxylation is 1. The van der Waals surface area contributed by atoms with E-state index < -0.39 is 0 Å². The number of benzene rings is 1. The zero-order chi connectivity index (χ0) is 10.0. The molecule has 3 heteroatoms. The molecule has 0 aliphatic carbocycles. The SMILES string of the molecule is Cc1ccc([N+]2(O)CCOCC2)cc1. The molecule has 1 N–H and O–H groups in total. The van der Waals surface area contributed by atoms with Crippen LogP contribution in [0.1, 0.15) is 5.56 Å². The first-order chi connectivity index (χ1) is 6.71. The molecule has 14 heavy (non-hydrogen) atoms. The largest absolute Gasteiger partial charge is 0.369 e. The van der Waals surface area contributed by atoms with Gasteiger partial charge in [0.1, 0.15) is 13.1 Å². The Hall–Kier alpha value is -0.900. The van der Waals surface area contributed by atoms with Gasteiger partial charge >= 0.3 is 0 Å². The van der Waals surface area contributed by atoms with Gasteiger partial charge in [0.15, 0.2) is 5.69 Å². The number of hydrogen-bond donors (Lipinski definition) is 1. The van der Waals surface area contributed by atoms with E-state index in [0.717, 1.165) is 5.69 Å². The molecule has 1 heterocycles. The van der Waals surface area contributed by atoms with Crippen molar-refractivity contribution in [3.05, 3.63) is 29.8 Å². The zero-order valence-electron chi connectivity index (χ0n) is 8.44. The van der Waals surface area contributed by atoms with Crippen molar-refractivity contribution in [1.82, 2.24) is 4.65 Å². The number of nitrogens with zero attached hydrogens (tertiary/aromatic N) is 1. The average molecular weight is 194 g/mol. The first kappa shape index (κ1) is 9.65. The maximum absolute atomic E-state index is 10.3. The van der Waals surface area contributed by atoms with Crippen LogP contribution in [0.25, 0.3) is 0 Å². The van der Waals surface area contributed by atoms with Gasteiger partial charge in [-0.15, -0.1) is 4.65 Å². The lowest BCUT2D eigenvalue weighted by atomic mass is 10.2. The van der Waals surface area contributed by atoms with Crippen molar-refractivity contribution in [3.8, 4) is 0 Å². The normalized spacial score (nSPS) is 20.7. The van der Waals surface area contributed by atoms with Crippen molar-refractivity contribution in [2.45, 2.75) is 6.92 Å². The van der Waals surface area contributed by atoms with Gasteiger partial charge in [-0.2, -0.15) is 0 Å². The van der Waals surface area contributed by atoms with E-state index in [9.17, 15) is 5.21 Å². The van der Waals surface area contributed by atoms with Crippen LogP contribution in [0.5, 0.6) is 0 Å². The van der Waals surface area contributed by atoms with Gasteiger partial charge in [0.05, 0.1) is 13.2 Å². The smallest absolute Gasteiger partial charge is 0.165 e. The van der Waals surface area contributed by atoms with Crippen LogP contribution in [0.4, 0.5) is 5.69 Å². The monoisotopic (exact) mass is 194 g/mol. The quantitative estimate of drug-likeness (QED) is 0.690. The maximum atomic E-state index is 10.3. The van der Waals surface area contributed by atoms with Crippen LogP contribution in [0.3, 0.4) is 0 Å². The van der Waals surface area contributed by atoms with Gasteiger partial charge in [-0.3, -0.25) is 0 Å². The summed E-state index contributed by atoms with van der Waals surface area (Å²) >= 11 is 0. The molecule has 0 unspecified atom stereocenters. The molecular formula is C11H16NO2+. The second-order valence-electron chi connectivity index (χ2n) is 3.82. The van der Waals surface area contributed by atoms with E-state index in [1.54, 1.807) is 0 Å². The summed E-state index contributed by atoms with van der Waals surface area (Å²) in [4.78, 5) is 0. The Morgan fingerprint density at radius 3 is 2.29 bits per heavy atom. The molecule has 1 aliphatic rings. The molecule has 76 valence electrons. The van der Waals surface area contributed by atoms with Crippen molar-refractivity contribution in [2.24, 2.45) is 0 Å². The Morgan fingerprint density at radius 2 is 1.71 bits per heavy atom. The minimum absolute atomic E-state index is 0.0142. The first-order valence-corrected chi connectivity index (χ1v) is 4.95. The summed E-state index contributed by atoms with van der Waals surface area (Å²) in [5, 5.41) is 10.3. The Labute approximate surface area is 84.1 Å². The minimum atomic E-state index is 0.0142. The molecule has 0 aromatic heterocycles. The maximum Gasteiger partial charge on any atom is 0.165 e. The molecule has 0 atom stereocenters. The van der Waals surface area contributed by atoms with Crippen molar-refractivity contribution in [2.75, 3.05) is 26.3 Å². The number of quaternary nitrogens is 1. The summed E-state index contributed by atoms with van der Waals surface area (Å²) in [5.41, 5.74) is 2.17. The lowest BCUT2D eigenvalue weighted by molar-refractivity contribution is -0.133. The third-order valence-corrected chi connectivity index (χ3v) is 2.73. The highest BCUT2D eigenvalue weighted by Crippen LogP contribution is 2.22. The molecule has 0 radical (unpaired) electrons. The predicted molar refractivity (Wildman–Crippen MR) is 55.3 cm³/mol. The molecule has 1 aromatic rings. The third-order valence-electron chi connectivity index (χ3n) is 2.73. The van der Waals surface area contributed by atoms with Gasteiger partial charge in [-0.1, -0.05) is 17.7 Å². The zero-order valence-corrected chi connectivity index (χ0v) is 8.44. The Kier molecular flexibility index (Phi) is 2.54. The summed E-state index contributed by atoms with van der Waals surface area (Å²) in [6.07, 6.45) is 0. The lowest BCUT2D eigenvalue weighted by Gasteiger charge is -2.32. The number of ether oxygens (including phenoxy) is 1. The molecule has 1 aliphatic heterocycles. The molecule has 3 nitrogen and oxygen atoms in total. The van der Waals surface area contributed by atoms with Crippen molar-refractivity contribution in [3.63, 3.8) is 0 Å². The number of hydrogen-bond acceptors (Lipinski definition) is 2. The molecule has 0 amide bonds. The Morgan fingerprint density at radius 1 is 1.14 bits per heavy atom. The van der Waals surface area contributed by atoms with Gasteiger partial charge in [0, 0.05) is 12.1 Å². The van der Waals surface area contributed by atoms with Crippen LogP contribution in [0.15, 0.2) is 24.3 Å². The highest BCUT2D eigenvalue weighted by atomic mass is 16.6. The van der Waals surface area contributed by atoms with E-state index in [0.29, 0.717) is 26.3 Å². The van der Waals surface area contributed by atoms with E-state index in [1.807, 2.05) is 31.2 Å². The van der Waals surface area contributed by atoms with Crippen molar-refractivity contribution in [1.29, 1.82) is 0 Å². The van der Waals surface area contributed by atoms with Gasteiger partial charge in [-0.25, -0.2) is 5.21 Å². The topological polar surface area (TPSA) is 29.5 Å². The Balaban J connectivity index is 2.23. The number of rotatable bonds is 1. The summed E-state index contributed by atoms with van der Waals surface area (Å²) < 4.78 is 5.25. The standard InChI is InChI=1S/C11H16NO2/c1-10-2-4-11(5-3-10)12(13)6-8-14-9-7-12/h2-5,13H,6-9H2,1H3/q+1. The van der Waals surface area contributed by atoms with E-state index in [-0.39, 0.29) is 4.65 Å². The van der Waals surface area contributed by atoms with Crippen molar-refractivity contribution < 1.29 is 9.94 Å². The summed E-state index contributed by atoms with van der Waals surface area (Å²) in [7, 11) is 0. The summed E-state index contributed by atoms with van der Waals surface area (Å²) in [5.74, 6) is 0. The molecule has 2 rings (SSSR count). The minimum Gasteiger partial charge on any atom is -0.369 e. The van der Waals surface area contributed by atoms with Gasteiger partial charge < -0.3 is 4.74 Å². The van der Waals surface area contributed by atoms with E-state index >= 15 is 0 Å². The summed E-state index contributed by atoms with van der Waals surface area (Å²) in [6, 6.07) is 8.03. The van der Waals surface area contributed by atoms with E-state index in [1.165, 1.54) is 5.56 Å². The molecule has 0 spiro atoms. The van der Waals surface area contributed by atoms with Crippen LogP contribution >= 0.6 is 0 Å². The van der Waals surface area contributed by atoms with Gasteiger partial charge in [0.25, 0.3) is 0 Å². The van der Waals surface area contributed by atoms with Crippen LogP contribution in [0.2, 0.25) is 0 Å². The molecule has 1 aromatic carbocycles. The lowest BCUT2D eigenvalue weighted by Crippen LogP contribution is -2.53.